The lowest BCUT2D eigenvalue weighted by Crippen LogP contribution is -2.24. The maximum absolute atomic E-state index is 12.4. The zero-order valence-electron chi connectivity index (χ0n) is 19.6. The van der Waals surface area contributed by atoms with E-state index in [1.807, 2.05) is 30.3 Å². The molecule has 3 aromatic carbocycles. The summed E-state index contributed by atoms with van der Waals surface area (Å²) in [5.41, 5.74) is 3.23. The molecule has 0 saturated carbocycles. The van der Waals surface area contributed by atoms with Crippen molar-refractivity contribution in [3.63, 3.8) is 0 Å². The first-order valence-corrected chi connectivity index (χ1v) is 10.9. The average molecular weight is 474 g/mol. The largest absolute Gasteiger partial charge is 0.503 e. The third-order valence-electron chi connectivity index (χ3n) is 5.15. The third kappa shape index (κ3) is 6.48. The van der Waals surface area contributed by atoms with Gasteiger partial charge in [-0.25, -0.2) is 0 Å². The molecule has 0 atom stereocenters. The maximum Gasteiger partial charge on any atom is 0.247 e. The second-order valence-corrected chi connectivity index (χ2v) is 7.74. The van der Waals surface area contributed by atoms with E-state index in [9.17, 15) is 19.5 Å². The molecule has 8 nitrogen and oxygen atoms in total. The molecule has 0 aliphatic carbocycles. The Kier molecular flexibility index (Phi) is 8.24. The van der Waals surface area contributed by atoms with Crippen LogP contribution < -0.4 is 20.7 Å². The molecule has 0 aliphatic rings. The number of ether oxygens (including phenoxy) is 1. The van der Waals surface area contributed by atoms with Crippen molar-refractivity contribution in [3.8, 4) is 22.6 Å². The molecule has 8 heteroatoms. The number of amides is 3. The molecule has 180 valence electrons. The molecule has 0 unspecified atom stereocenters. The third-order valence-corrected chi connectivity index (χ3v) is 5.15. The lowest BCUT2D eigenvalue weighted by atomic mass is 9.98. The van der Waals surface area contributed by atoms with Crippen molar-refractivity contribution in [1.29, 1.82) is 0 Å². The molecule has 0 bridgehead atoms. The number of carbonyl (C=O) groups is 3. The van der Waals surface area contributed by atoms with Gasteiger partial charge in [0.2, 0.25) is 17.7 Å². The van der Waals surface area contributed by atoms with Crippen molar-refractivity contribution in [1.82, 2.24) is 5.32 Å². The Balaban J connectivity index is 1.88. The molecule has 3 aromatic rings. The minimum atomic E-state index is -0.473. The number of benzene rings is 3. The smallest absolute Gasteiger partial charge is 0.247 e. The van der Waals surface area contributed by atoms with Crippen LogP contribution in [0.4, 0.5) is 11.4 Å². The van der Waals surface area contributed by atoms with Gasteiger partial charge in [0.05, 0.1) is 30.5 Å². The SMILES string of the molecule is C=CC(=O)Nc1cc(NC(C)=O)c(O)c(OC)c1-c1ccc(CC(=O)NCc2ccccc2)cc1. The van der Waals surface area contributed by atoms with Crippen LogP contribution in [0.25, 0.3) is 11.1 Å². The highest BCUT2D eigenvalue weighted by molar-refractivity contribution is 6.05. The molecule has 3 rings (SSSR count). The van der Waals surface area contributed by atoms with Crippen LogP contribution in [0.1, 0.15) is 18.1 Å². The summed E-state index contributed by atoms with van der Waals surface area (Å²) in [7, 11) is 1.38. The number of carbonyl (C=O) groups excluding carboxylic acids is 3. The number of aromatic hydroxyl groups is 1. The van der Waals surface area contributed by atoms with Gasteiger partial charge in [0.1, 0.15) is 0 Å². The predicted octanol–water partition coefficient (Wildman–Crippen LogP) is 4.01. The van der Waals surface area contributed by atoms with E-state index in [-0.39, 0.29) is 29.5 Å². The lowest BCUT2D eigenvalue weighted by Gasteiger charge is -2.19. The van der Waals surface area contributed by atoms with Crippen molar-refractivity contribution in [2.75, 3.05) is 17.7 Å². The van der Waals surface area contributed by atoms with Crippen LogP contribution in [0.2, 0.25) is 0 Å². The summed E-state index contributed by atoms with van der Waals surface area (Å²) >= 11 is 0. The minimum Gasteiger partial charge on any atom is -0.503 e. The Morgan fingerprint density at radius 3 is 2.26 bits per heavy atom. The minimum absolute atomic E-state index is 0.0731. The normalized spacial score (nSPS) is 10.2. The number of anilines is 2. The summed E-state index contributed by atoms with van der Waals surface area (Å²) in [6.45, 7) is 5.21. The topological polar surface area (TPSA) is 117 Å². The first-order valence-electron chi connectivity index (χ1n) is 10.9. The number of phenols is 1. The first-order chi connectivity index (χ1) is 16.8. The van der Waals surface area contributed by atoms with Crippen molar-refractivity contribution in [3.05, 3.63) is 84.4 Å². The van der Waals surface area contributed by atoms with Crippen LogP contribution in [0.3, 0.4) is 0 Å². The average Bonchev–Trinajstić information content (AvgIpc) is 2.85. The van der Waals surface area contributed by atoms with Crippen molar-refractivity contribution >= 4 is 29.1 Å². The van der Waals surface area contributed by atoms with E-state index >= 15 is 0 Å². The number of nitrogens with one attached hydrogen (secondary N) is 3. The number of phenolic OH excluding ortho intramolecular Hbond substituents is 1. The number of rotatable bonds is 9. The van der Waals surface area contributed by atoms with Gasteiger partial charge in [0.15, 0.2) is 11.5 Å². The van der Waals surface area contributed by atoms with Gasteiger partial charge in [-0.2, -0.15) is 0 Å². The van der Waals surface area contributed by atoms with Crippen LogP contribution in [-0.4, -0.2) is 29.9 Å². The zero-order chi connectivity index (χ0) is 25.4. The van der Waals surface area contributed by atoms with Gasteiger partial charge < -0.3 is 25.8 Å². The fourth-order valence-corrected chi connectivity index (χ4v) is 3.53. The molecule has 0 aromatic heterocycles. The van der Waals surface area contributed by atoms with Crippen LogP contribution >= 0.6 is 0 Å². The summed E-state index contributed by atoms with van der Waals surface area (Å²) in [5, 5.41) is 18.8. The van der Waals surface area contributed by atoms with Crippen LogP contribution in [0.5, 0.6) is 11.5 Å². The van der Waals surface area contributed by atoms with Gasteiger partial charge in [-0.3, -0.25) is 14.4 Å². The van der Waals surface area contributed by atoms with E-state index in [4.69, 9.17) is 4.74 Å². The van der Waals surface area contributed by atoms with Gasteiger partial charge in [0, 0.05) is 13.5 Å². The van der Waals surface area contributed by atoms with E-state index < -0.39 is 11.8 Å². The van der Waals surface area contributed by atoms with Crippen LogP contribution in [0, 0.1) is 0 Å². The lowest BCUT2D eigenvalue weighted by molar-refractivity contribution is -0.120. The summed E-state index contributed by atoms with van der Waals surface area (Å²) in [6, 6.07) is 18.2. The molecule has 35 heavy (non-hydrogen) atoms. The molecular formula is C27H27N3O5. The fraction of sp³-hybridized carbons (Fsp3) is 0.148. The zero-order valence-corrected chi connectivity index (χ0v) is 19.6. The van der Waals surface area contributed by atoms with Crippen molar-refractivity contribution in [2.45, 2.75) is 19.9 Å². The molecule has 0 aliphatic heterocycles. The van der Waals surface area contributed by atoms with E-state index in [1.165, 1.54) is 20.1 Å². The molecule has 0 radical (unpaired) electrons. The summed E-state index contributed by atoms with van der Waals surface area (Å²) in [5.74, 6) is -1.19. The van der Waals surface area contributed by atoms with Gasteiger partial charge in [0.25, 0.3) is 0 Å². The number of methoxy groups -OCH3 is 1. The van der Waals surface area contributed by atoms with Gasteiger partial charge >= 0.3 is 0 Å². The molecule has 3 amide bonds. The summed E-state index contributed by atoms with van der Waals surface area (Å²) in [6.07, 6.45) is 1.30. The monoisotopic (exact) mass is 473 g/mol. The van der Waals surface area contributed by atoms with Crippen molar-refractivity contribution < 1.29 is 24.2 Å². The molecular weight excluding hydrogens is 446 g/mol. The number of hydrogen-bond donors (Lipinski definition) is 4. The Hall–Kier alpha value is -4.59. The van der Waals surface area contributed by atoms with Gasteiger partial charge in [-0.1, -0.05) is 61.2 Å². The standard InChI is InChI=1S/C27H27N3O5/c1-4-23(32)30-21-15-22(29-17(2)31)26(34)27(35-3)25(21)20-12-10-18(11-13-20)14-24(33)28-16-19-8-6-5-7-9-19/h4-13,15,34H,1,14,16H2,2-3H3,(H,28,33)(H,29,31)(H,30,32). The van der Waals surface area contributed by atoms with E-state index in [0.717, 1.165) is 17.2 Å². The predicted molar refractivity (Wildman–Crippen MR) is 135 cm³/mol. The Morgan fingerprint density at radius 2 is 1.66 bits per heavy atom. The second-order valence-electron chi connectivity index (χ2n) is 7.74. The Labute approximate surface area is 203 Å². The summed E-state index contributed by atoms with van der Waals surface area (Å²) < 4.78 is 5.43. The Bertz CT molecular complexity index is 1240. The highest BCUT2D eigenvalue weighted by Gasteiger charge is 2.22. The van der Waals surface area contributed by atoms with E-state index in [0.29, 0.717) is 23.4 Å². The highest BCUT2D eigenvalue weighted by Crippen LogP contribution is 2.47. The number of hydrogen-bond acceptors (Lipinski definition) is 5. The summed E-state index contributed by atoms with van der Waals surface area (Å²) in [4.78, 5) is 36.0. The molecule has 0 fully saturated rings. The van der Waals surface area contributed by atoms with E-state index in [2.05, 4.69) is 22.5 Å². The quantitative estimate of drug-likeness (QED) is 0.213. The van der Waals surface area contributed by atoms with Gasteiger partial charge in [-0.15, -0.1) is 0 Å². The van der Waals surface area contributed by atoms with Crippen molar-refractivity contribution in [2.24, 2.45) is 0 Å². The fourth-order valence-electron chi connectivity index (χ4n) is 3.53. The molecule has 0 heterocycles. The maximum atomic E-state index is 12.4. The van der Waals surface area contributed by atoms with Crippen LogP contribution in [-0.2, 0) is 27.3 Å². The van der Waals surface area contributed by atoms with Gasteiger partial charge in [-0.05, 0) is 28.8 Å². The molecule has 0 saturated heterocycles. The van der Waals surface area contributed by atoms with E-state index in [1.54, 1.807) is 24.3 Å². The second kappa shape index (κ2) is 11.5. The Morgan fingerprint density at radius 1 is 0.971 bits per heavy atom. The highest BCUT2D eigenvalue weighted by atomic mass is 16.5. The first kappa shape index (κ1) is 25.0. The van der Waals surface area contributed by atoms with Crippen LogP contribution in [0.15, 0.2) is 73.3 Å². The molecule has 0 spiro atoms. The molecule has 4 N–H and O–H groups in total.